The average molecular weight is 219 g/mol. The number of amides is 1. The van der Waals surface area contributed by atoms with Gasteiger partial charge >= 0.3 is 0 Å². The highest BCUT2D eigenvalue weighted by molar-refractivity contribution is 5.95. The molecule has 1 rings (SSSR count). The standard InChI is InChI=1S/C9H11FN2O.ClH/c1-12-9(13)8-4-7(10)3-2-6(8)5-11;/h2-4H,5,11H2,1H3,(H,12,13);1H. The Morgan fingerprint density at radius 2 is 2.21 bits per heavy atom. The van der Waals surface area contributed by atoms with Crippen LogP contribution in [0.1, 0.15) is 15.9 Å². The van der Waals surface area contributed by atoms with Gasteiger partial charge in [0.05, 0.1) is 0 Å². The average Bonchev–Trinajstić information content (AvgIpc) is 2.16. The minimum absolute atomic E-state index is 0. The zero-order valence-electron chi connectivity index (χ0n) is 7.71. The molecule has 0 spiro atoms. The van der Waals surface area contributed by atoms with Gasteiger partial charge in [-0.15, -0.1) is 12.4 Å². The molecular formula is C9H12ClFN2O. The summed E-state index contributed by atoms with van der Waals surface area (Å²) in [7, 11) is 1.49. The van der Waals surface area contributed by atoms with Crippen LogP contribution in [0.5, 0.6) is 0 Å². The third-order valence-corrected chi connectivity index (χ3v) is 1.76. The third kappa shape index (κ3) is 2.68. The second-order valence-corrected chi connectivity index (χ2v) is 2.58. The van der Waals surface area contributed by atoms with Gasteiger partial charge in [0.2, 0.25) is 0 Å². The zero-order valence-corrected chi connectivity index (χ0v) is 8.53. The van der Waals surface area contributed by atoms with Crippen molar-refractivity contribution in [2.45, 2.75) is 6.54 Å². The first kappa shape index (κ1) is 12.9. The Balaban J connectivity index is 0.00000169. The highest BCUT2D eigenvalue weighted by Gasteiger charge is 2.09. The summed E-state index contributed by atoms with van der Waals surface area (Å²) in [5.41, 5.74) is 6.33. The first-order valence-corrected chi connectivity index (χ1v) is 3.89. The van der Waals surface area contributed by atoms with E-state index in [1.54, 1.807) is 0 Å². The van der Waals surface area contributed by atoms with Crippen LogP contribution in [0.4, 0.5) is 4.39 Å². The van der Waals surface area contributed by atoms with Gasteiger partial charge in [-0.1, -0.05) is 6.07 Å². The quantitative estimate of drug-likeness (QED) is 0.780. The molecule has 3 nitrogen and oxygen atoms in total. The first-order valence-electron chi connectivity index (χ1n) is 3.89. The highest BCUT2D eigenvalue weighted by Crippen LogP contribution is 2.10. The molecule has 3 N–H and O–H groups in total. The van der Waals surface area contributed by atoms with Crippen LogP contribution in [-0.4, -0.2) is 13.0 Å². The van der Waals surface area contributed by atoms with E-state index in [1.165, 1.54) is 25.2 Å². The van der Waals surface area contributed by atoms with Crippen molar-refractivity contribution in [1.29, 1.82) is 0 Å². The molecule has 0 fully saturated rings. The molecule has 0 saturated heterocycles. The molecule has 0 aromatic heterocycles. The summed E-state index contributed by atoms with van der Waals surface area (Å²) in [5, 5.41) is 2.42. The number of carbonyl (C=O) groups is 1. The first-order chi connectivity index (χ1) is 6.19. The lowest BCUT2D eigenvalue weighted by Gasteiger charge is -2.05. The second-order valence-electron chi connectivity index (χ2n) is 2.58. The van der Waals surface area contributed by atoms with Crippen molar-refractivity contribution in [2.24, 2.45) is 5.73 Å². The predicted octanol–water partition coefficient (Wildman–Crippen LogP) is 1.07. The normalized spacial score (nSPS) is 9.07. The van der Waals surface area contributed by atoms with Crippen LogP contribution in [0.2, 0.25) is 0 Å². The topological polar surface area (TPSA) is 55.1 Å². The maximum atomic E-state index is 12.8. The number of hydrogen-bond acceptors (Lipinski definition) is 2. The minimum Gasteiger partial charge on any atom is -0.355 e. The maximum Gasteiger partial charge on any atom is 0.251 e. The molecule has 0 bridgehead atoms. The molecule has 0 aliphatic carbocycles. The van der Waals surface area contributed by atoms with E-state index in [0.29, 0.717) is 11.1 Å². The number of nitrogens with one attached hydrogen (secondary N) is 1. The number of carbonyl (C=O) groups excluding carboxylic acids is 1. The van der Waals surface area contributed by atoms with E-state index in [0.717, 1.165) is 0 Å². The number of nitrogens with two attached hydrogens (primary N) is 1. The minimum atomic E-state index is -0.434. The Kier molecular flexibility index (Phi) is 5.12. The molecule has 0 radical (unpaired) electrons. The van der Waals surface area contributed by atoms with Crippen LogP contribution in [0.15, 0.2) is 18.2 Å². The van der Waals surface area contributed by atoms with Crippen LogP contribution in [0.3, 0.4) is 0 Å². The molecule has 1 aromatic carbocycles. The largest absolute Gasteiger partial charge is 0.355 e. The van der Waals surface area contributed by atoms with Crippen molar-refractivity contribution in [1.82, 2.24) is 5.32 Å². The predicted molar refractivity (Wildman–Crippen MR) is 54.9 cm³/mol. The van der Waals surface area contributed by atoms with Crippen LogP contribution >= 0.6 is 12.4 Å². The summed E-state index contributed by atoms with van der Waals surface area (Å²) in [5.74, 6) is -0.754. The number of rotatable bonds is 2. The van der Waals surface area contributed by atoms with E-state index in [4.69, 9.17) is 5.73 Å². The van der Waals surface area contributed by atoms with Crippen molar-refractivity contribution < 1.29 is 9.18 Å². The second kappa shape index (κ2) is 5.57. The lowest BCUT2D eigenvalue weighted by Crippen LogP contribution is -2.20. The summed E-state index contributed by atoms with van der Waals surface area (Å²) in [6.45, 7) is 0.225. The number of hydrogen-bond donors (Lipinski definition) is 2. The molecular weight excluding hydrogens is 207 g/mol. The Morgan fingerprint density at radius 3 is 2.71 bits per heavy atom. The number of halogens is 2. The Morgan fingerprint density at radius 1 is 1.57 bits per heavy atom. The fourth-order valence-electron chi connectivity index (χ4n) is 1.07. The van der Waals surface area contributed by atoms with Crippen LogP contribution in [0.25, 0.3) is 0 Å². The van der Waals surface area contributed by atoms with Gasteiger partial charge in [0, 0.05) is 19.2 Å². The van der Waals surface area contributed by atoms with E-state index in [1.807, 2.05) is 0 Å². The van der Waals surface area contributed by atoms with Gasteiger partial charge in [-0.3, -0.25) is 4.79 Å². The van der Waals surface area contributed by atoms with Gasteiger partial charge in [0.1, 0.15) is 5.82 Å². The third-order valence-electron chi connectivity index (χ3n) is 1.76. The molecule has 0 atom stereocenters. The maximum absolute atomic E-state index is 12.8. The molecule has 14 heavy (non-hydrogen) atoms. The fraction of sp³-hybridized carbons (Fsp3) is 0.222. The summed E-state index contributed by atoms with van der Waals surface area (Å²) in [6.07, 6.45) is 0. The van der Waals surface area contributed by atoms with Crippen molar-refractivity contribution in [2.75, 3.05) is 7.05 Å². The monoisotopic (exact) mass is 218 g/mol. The molecule has 1 amide bonds. The van der Waals surface area contributed by atoms with Gasteiger partial charge in [-0.25, -0.2) is 4.39 Å². The zero-order chi connectivity index (χ0) is 9.84. The molecule has 1 aromatic rings. The lowest BCUT2D eigenvalue weighted by molar-refractivity contribution is 0.0961. The van der Waals surface area contributed by atoms with Gasteiger partial charge in [-0.05, 0) is 17.7 Å². The van der Waals surface area contributed by atoms with Crippen molar-refractivity contribution in [3.05, 3.63) is 35.1 Å². The number of benzene rings is 1. The molecule has 0 aliphatic heterocycles. The van der Waals surface area contributed by atoms with Gasteiger partial charge in [-0.2, -0.15) is 0 Å². The summed E-state index contributed by atoms with van der Waals surface area (Å²) >= 11 is 0. The van der Waals surface area contributed by atoms with Crippen LogP contribution in [-0.2, 0) is 6.54 Å². The Labute approximate surface area is 87.9 Å². The summed E-state index contributed by atoms with van der Waals surface area (Å²) < 4.78 is 12.8. The molecule has 0 aliphatic rings. The Hall–Kier alpha value is -1.13. The summed E-state index contributed by atoms with van der Waals surface area (Å²) in [6, 6.07) is 3.98. The van der Waals surface area contributed by atoms with Gasteiger partial charge in [0.15, 0.2) is 0 Å². The van der Waals surface area contributed by atoms with Crippen molar-refractivity contribution in [3.63, 3.8) is 0 Å². The van der Waals surface area contributed by atoms with E-state index in [9.17, 15) is 9.18 Å². The van der Waals surface area contributed by atoms with E-state index in [2.05, 4.69) is 5.32 Å². The SMILES string of the molecule is CNC(=O)c1cc(F)ccc1CN.Cl. The Bertz CT molecular complexity index is 331. The summed E-state index contributed by atoms with van der Waals surface area (Å²) in [4.78, 5) is 11.2. The van der Waals surface area contributed by atoms with E-state index in [-0.39, 0.29) is 24.9 Å². The van der Waals surface area contributed by atoms with Crippen molar-refractivity contribution >= 4 is 18.3 Å². The molecule has 0 unspecified atom stereocenters. The molecule has 5 heteroatoms. The van der Waals surface area contributed by atoms with Gasteiger partial charge < -0.3 is 11.1 Å². The van der Waals surface area contributed by atoms with Crippen molar-refractivity contribution in [3.8, 4) is 0 Å². The van der Waals surface area contributed by atoms with Crippen LogP contribution < -0.4 is 11.1 Å². The molecule has 0 heterocycles. The van der Waals surface area contributed by atoms with Gasteiger partial charge in [0.25, 0.3) is 5.91 Å². The van der Waals surface area contributed by atoms with E-state index < -0.39 is 5.82 Å². The molecule has 0 saturated carbocycles. The smallest absolute Gasteiger partial charge is 0.251 e. The molecule has 78 valence electrons. The van der Waals surface area contributed by atoms with Crippen LogP contribution in [0, 0.1) is 5.82 Å². The van der Waals surface area contributed by atoms with E-state index >= 15 is 0 Å². The highest BCUT2D eigenvalue weighted by atomic mass is 35.5. The lowest BCUT2D eigenvalue weighted by atomic mass is 10.1. The fourth-order valence-corrected chi connectivity index (χ4v) is 1.07.